The van der Waals surface area contributed by atoms with Crippen LogP contribution in [0.25, 0.3) is 0 Å². The number of hydrogen-bond donors (Lipinski definition) is 1. The summed E-state index contributed by atoms with van der Waals surface area (Å²) < 4.78 is 4.49. The number of methoxy groups -OCH3 is 1. The zero-order chi connectivity index (χ0) is 9.28. The lowest BCUT2D eigenvalue weighted by atomic mass is 10.2. The summed E-state index contributed by atoms with van der Waals surface area (Å²) >= 11 is 0. The Morgan fingerprint density at radius 2 is 2.00 bits per heavy atom. The topological polar surface area (TPSA) is 38.3 Å². The molecule has 11 heavy (non-hydrogen) atoms. The SMILES string of the molecule is CC.CCC(NC)C(=O)OC. The maximum atomic E-state index is 10.7. The third-order valence-electron chi connectivity index (χ3n) is 1.24. The molecule has 0 aromatic heterocycles. The summed E-state index contributed by atoms with van der Waals surface area (Å²) in [5, 5.41) is 2.83. The van der Waals surface area contributed by atoms with Gasteiger partial charge in [0, 0.05) is 0 Å². The fourth-order valence-corrected chi connectivity index (χ4v) is 0.631. The van der Waals surface area contributed by atoms with E-state index in [-0.39, 0.29) is 12.0 Å². The predicted octanol–water partition coefficient (Wildman–Crippen LogP) is 1.18. The molecule has 1 unspecified atom stereocenters. The summed E-state index contributed by atoms with van der Waals surface area (Å²) in [5.74, 6) is -0.194. The lowest BCUT2D eigenvalue weighted by Gasteiger charge is -2.09. The quantitative estimate of drug-likeness (QED) is 0.632. The predicted molar refractivity (Wildman–Crippen MR) is 46.5 cm³/mol. The van der Waals surface area contributed by atoms with Crippen LogP contribution in [0.2, 0.25) is 0 Å². The minimum Gasteiger partial charge on any atom is -0.468 e. The Hall–Kier alpha value is -0.570. The van der Waals surface area contributed by atoms with Gasteiger partial charge < -0.3 is 10.1 Å². The number of hydrogen-bond acceptors (Lipinski definition) is 3. The molecule has 0 bridgehead atoms. The second-order valence-electron chi connectivity index (χ2n) is 1.77. The van der Waals surface area contributed by atoms with E-state index in [4.69, 9.17) is 0 Å². The Bertz CT molecular complexity index is 90.1. The Morgan fingerprint density at radius 3 is 2.09 bits per heavy atom. The van der Waals surface area contributed by atoms with Crippen molar-refractivity contribution in [3.63, 3.8) is 0 Å². The Balaban J connectivity index is 0. The first-order valence-corrected chi connectivity index (χ1v) is 4.01. The Labute approximate surface area is 69.1 Å². The van der Waals surface area contributed by atoms with E-state index < -0.39 is 0 Å². The van der Waals surface area contributed by atoms with Gasteiger partial charge in [-0.1, -0.05) is 20.8 Å². The largest absolute Gasteiger partial charge is 0.468 e. The van der Waals surface area contributed by atoms with Gasteiger partial charge in [0.05, 0.1) is 7.11 Å². The van der Waals surface area contributed by atoms with Crippen LogP contribution >= 0.6 is 0 Å². The van der Waals surface area contributed by atoms with E-state index in [0.29, 0.717) is 0 Å². The minimum atomic E-state index is -0.194. The molecule has 0 aliphatic carbocycles. The molecule has 0 aromatic rings. The first-order chi connectivity index (χ1) is 5.26. The highest BCUT2D eigenvalue weighted by Gasteiger charge is 2.12. The highest BCUT2D eigenvalue weighted by atomic mass is 16.5. The second kappa shape index (κ2) is 9.43. The molecule has 0 saturated carbocycles. The molecule has 0 radical (unpaired) electrons. The van der Waals surface area contributed by atoms with Gasteiger partial charge in [0.15, 0.2) is 0 Å². The van der Waals surface area contributed by atoms with Crippen molar-refractivity contribution in [1.82, 2.24) is 5.32 Å². The molecule has 0 rings (SSSR count). The lowest BCUT2D eigenvalue weighted by molar-refractivity contribution is -0.143. The van der Waals surface area contributed by atoms with E-state index in [0.717, 1.165) is 6.42 Å². The van der Waals surface area contributed by atoms with Crippen molar-refractivity contribution in [3.8, 4) is 0 Å². The molecule has 1 atom stereocenters. The standard InChI is InChI=1S/C6H13NO2.C2H6/c1-4-5(7-2)6(8)9-3;1-2/h5,7H,4H2,1-3H3;1-2H3. The van der Waals surface area contributed by atoms with Crippen LogP contribution in [0, 0.1) is 0 Å². The number of rotatable bonds is 3. The smallest absolute Gasteiger partial charge is 0.322 e. The van der Waals surface area contributed by atoms with Gasteiger partial charge >= 0.3 is 5.97 Å². The van der Waals surface area contributed by atoms with Crippen molar-refractivity contribution in [2.75, 3.05) is 14.2 Å². The van der Waals surface area contributed by atoms with Crippen LogP contribution in [-0.4, -0.2) is 26.2 Å². The highest BCUT2D eigenvalue weighted by Crippen LogP contribution is 1.90. The van der Waals surface area contributed by atoms with Gasteiger partial charge in [-0.25, -0.2) is 0 Å². The molecule has 3 nitrogen and oxygen atoms in total. The third kappa shape index (κ3) is 5.85. The van der Waals surface area contributed by atoms with Crippen LogP contribution in [0.3, 0.4) is 0 Å². The lowest BCUT2D eigenvalue weighted by Crippen LogP contribution is -2.34. The highest BCUT2D eigenvalue weighted by molar-refractivity contribution is 5.75. The summed E-state index contributed by atoms with van der Waals surface area (Å²) in [6, 6.07) is -0.144. The second-order valence-corrected chi connectivity index (χ2v) is 1.77. The first-order valence-electron chi connectivity index (χ1n) is 4.01. The van der Waals surface area contributed by atoms with Gasteiger partial charge in [-0.15, -0.1) is 0 Å². The van der Waals surface area contributed by atoms with E-state index in [1.165, 1.54) is 7.11 Å². The average molecular weight is 161 g/mol. The first kappa shape index (κ1) is 13.1. The summed E-state index contributed by atoms with van der Waals surface area (Å²) in [6.07, 6.45) is 0.767. The number of carbonyl (C=O) groups excluding carboxylic acids is 1. The Kier molecular flexibility index (Phi) is 11.2. The van der Waals surface area contributed by atoms with Gasteiger partial charge in [0.2, 0.25) is 0 Å². The van der Waals surface area contributed by atoms with Crippen LogP contribution in [0.15, 0.2) is 0 Å². The normalized spacial score (nSPS) is 11.0. The zero-order valence-electron chi connectivity index (χ0n) is 8.10. The fraction of sp³-hybridized carbons (Fsp3) is 0.875. The maximum absolute atomic E-state index is 10.7. The van der Waals surface area contributed by atoms with Crippen molar-refractivity contribution >= 4 is 5.97 Å². The molecule has 0 aliphatic rings. The van der Waals surface area contributed by atoms with Crippen molar-refractivity contribution in [1.29, 1.82) is 0 Å². The molecular weight excluding hydrogens is 142 g/mol. The number of ether oxygens (including phenoxy) is 1. The summed E-state index contributed by atoms with van der Waals surface area (Å²) in [4.78, 5) is 10.7. The molecule has 0 amide bonds. The van der Waals surface area contributed by atoms with Gasteiger partial charge in [-0.2, -0.15) is 0 Å². The molecule has 0 fully saturated rings. The minimum absolute atomic E-state index is 0.144. The van der Waals surface area contributed by atoms with Crippen molar-refractivity contribution < 1.29 is 9.53 Å². The van der Waals surface area contributed by atoms with Crippen LogP contribution in [0.4, 0.5) is 0 Å². The number of carbonyl (C=O) groups is 1. The molecule has 68 valence electrons. The molecular formula is C8H19NO2. The van der Waals surface area contributed by atoms with Crippen LogP contribution < -0.4 is 5.32 Å². The van der Waals surface area contributed by atoms with E-state index in [1.54, 1.807) is 7.05 Å². The van der Waals surface area contributed by atoms with Crippen LogP contribution in [0.5, 0.6) is 0 Å². The van der Waals surface area contributed by atoms with Crippen LogP contribution in [0.1, 0.15) is 27.2 Å². The number of nitrogens with one attached hydrogen (secondary N) is 1. The molecule has 0 spiro atoms. The molecule has 0 heterocycles. The number of likely N-dealkylation sites (N-methyl/N-ethyl adjacent to an activating group) is 1. The van der Waals surface area contributed by atoms with Crippen molar-refractivity contribution in [2.45, 2.75) is 33.2 Å². The van der Waals surface area contributed by atoms with Gasteiger partial charge in [0.1, 0.15) is 6.04 Å². The van der Waals surface area contributed by atoms with E-state index in [9.17, 15) is 4.79 Å². The van der Waals surface area contributed by atoms with Crippen molar-refractivity contribution in [3.05, 3.63) is 0 Å². The van der Waals surface area contributed by atoms with E-state index in [1.807, 2.05) is 20.8 Å². The Morgan fingerprint density at radius 1 is 1.55 bits per heavy atom. The monoisotopic (exact) mass is 161 g/mol. The average Bonchev–Trinajstić information content (AvgIpc) is 2.10. The zero-order valence-corrected chi connectivity index (χ0v) is 8.10. The maximum Gasteiger partial charge on any atom is 0.322 e. The fourth-order valence-electron chi connectivity index (χ4n) is 0.631. The van der Waals surface area contributed by atoms with E-state index >= 15 is 0 Å². The van der Waals surface area contributed by atoms with Crippen LogP contribution in [-0.2, 0) is 9.53 Å². The van der Waals surface area contributed by atoms with Gasteiger partial charge in [-0.05, 0) is 13.5 Å². The van der Waals surface area contributed by atoms with E-state index in [2.05, 4.69) is 10.1 Å². The summed E-state index contributed by atoms with van der Waals surface area (Å²) in [7, 11) is 3.13. The van der Waals surface area contributed by atoms with Gasteiger partial charge in [0.25, 0.3) is 0 Å². The molecule has 0 aromatic carbocycles. The third-order valence-corrected chi connectivity index (χ3v) is 1.24. The summed E-state index contributed by atoms with van der Waals surface area (Å²) in [5.41, 5.74) is 0. The van der Waals surface area contributed by atoms with Gasteiger partial charge in [-0.3, -0.25) is 4.79 Å². The molecule has 0 aliphatic heterocycles. The molecule has 1 N–H and O–H groups in total. The molecule has 0 saturated heterocycles. The number of esters is 1. The van der Waals surface area contributed by atoms with Crippen molar-refractivity contribution in [2.24, 2.45) is 0 Å². The molecule has 3 heteroatoms. The summed E-state index contributed by atoms with van der Waals surface area (Å²) in [6.45, 7) is 5.93.